The second-order valence-electron chi connectivity index (χ2n) is 1.66. The van der Waals surface area contributed by atoms with Crippen LogP contribution >= 0.6 is 31.9 Å². The van der Waals surface area contributed by atoms with Gasteiger partial charge in [0.15, 0.2) is 0 Å². The number of halogens is 2. The largest absolute Gasteiger partial charge is 0.497 e. The van der Waals surface area contributed by atoms with Gasteiger partial charge in [0.25, 0.3) is 0 Å². The number of hydrogen-bond acceptors (Lipinski definition) is 1. The predicted octanol–water partition coefficient (Wildman–Crippen LogP) is 3.47. The molecule has 0 aliphatic heterocycles. The Labute approximate surface area is 84.0 Å². The van der Waals surface area contributed by atoms with Gasteiger partial charge in [-0.15, -0.1) is 0 Å². The van der Waals surface area contributed by atoms with Crippen molar-refractivity contribution in [2.45, 2.75) is 0 Å². The molecular weight excluding hydrogens is 272 g/mol. The zero-order valence-corrected chi connectivity index (χ0v) is 9.65. The fourth-order valence-corrected chi connectivity index (χ4v) is 0.835. The molecule has 1 rings (SSSR count). The fourth-order valence-electron chi connectivity index (χ4n) is 0.571. The maximum Gasteiger partial charge on any atom is 0.118 e. The van der Waals surface area contributed by atoms with Gasteiger partial charge in [-0.1, -0.05) is 31.9 Å². The van der Waals surface area contributed by atoms with Crippen LogP contribution in [0.1, 0.15) is 0 Å². The minimum atomic E-state index is 0.887. The molecule has 11 heavy (non-hydrogen) atoms. The van der Waals surface area contributed by atoms with Crippen molar-refractivity contribution in [3.8, 4) is 5.75 Å². The summed E-state index contributed by atoms with van der Waals surface area (Å²) in [6.45, 7) is 0. The van der Waals surface area contributed by atoms with Gasteiger partial charge in [-0.2, -0.15) is 0 Å². The summed E-state index contributed by atoms with van der Waals surface area (Å²) >= 11 is 6.26. The van der Waals surface area contributed by atoms with Crippen LogP contribution in [0.15, 0.2) is 28.7 Å². The Morgan fingerprint density at radius 2 is 1.55 bits per heavy atom. The van der Waals surface area contributed by atoms with Crippen LogP contribution in [0.25, 0.3) is 0 Å². The second kappa shape index (κ2) is 6.68. The molecule has 3 heteroatoms. The molecule has 0 saturated carbocycles. The molecule has 0 saturated heterocycles. The minimum Gasteiger partial charge on any atom is -0.497 e. The highest BCUT2D eigenvalue weighted by molar-refractivity contribution is 9.10. The molecule has 0 atom stereocenters. The van der Waals surface area contributed by atoms with Crippen LogP contribution in [-0.2, 0) is 0 Å². The van der Waals surface area contributed by atoms with E-state index in [4.69, 9.17) is 4.74 Å². The highest BCUT2D eigenvalue weighted by Crippen LogP contribution is 2.14. The van der Waals surface area contributed by atoms with Crippen molar-refractivity contribution in [1.29, 1.82) is 0 Å². The number of rotatable bonds is 1. The summed E-state index contributed by atoms with van der Waals surface area (Å²) < 4.78 is 6.02. The number of benzene rings is 1. The Hall–Kier alpha value is -0.0200. The summed E-state index contributed by atoms with van der Waals surface area (Å²) in [6.07, 6.45) is 0. The molecule has 1 aromatic rings. The van der Waals surface area contributed by atoms with Crippen LogP contribution in [-0.4, -0.2) is 12.9 Å². The van der Waals surface area contributed by atoms with E-state index < -0.39 is 0 Å². The molecule has 0 radical (unpaired) electrons. The van der Waals surface area contributed by atoms with Crippen LogP contribution in [0, 0.1) is 0 Å². The molecule has 0 spiro atoms. The Morgan fingerprint density at radius 1 is 1.09 bits per heavy atom. The SMILES string of the molecule is CBr.COc1ccc(Br)cc1. The van der Waals surface area contributed by atoms with E-state index >= 15 is 0 Å². The first-order chi connectivity index (χ1) is 5.33. The van der Waals surface area contributed by atoms with Gasteiger partial charge in [-0.25, -0.2) is 0 Å². The summed E-state index contributed by atoms with van der Waals surface area (Å²) in [5.41, 5.74) is 0. The molecule has 0 heterocycles. The van der Waals surface area contributed by atoms with Gasteiger partial charge in [-0.3, -0.25) is 0 Å². The average Bonchev–Trinajstić information content (AvgIpc) is 2.10. The summed E-state index contributed by atoms with van der Waals surface area (Å²) in [5.74, 6) is 2.70. The summed E-state index contributed by atoms with van der Waals surface area (Å²) in [7, 11) is 1.66. The standard InChI is InChI=1S/C7H7BrO.CH3Br/c1-9-7-4-2-6(8)3-5-7;1-2/h2-5H,1H3;1H3. The van der Waals surface area contributed by atoms with Crippen molar-refractivity contribution in [1.82, 2.24) is 0 Å². The zero-order valence-electron chi connectivity index (χ0n) is 6.47. The van der Waals surface area contributed by atoms with Crippen molar-refractivity contribution in [2.75, 3.05) is 12.9 Å². The molecule has 0 amide bonds. The highest BCUT2D eigenvalue weighted by atomic mass is 79.9. The van der Waals surface area contributed by atoms with Gasteiger partial charge >= 0.3 is 0 Å². The van der Waals surface area contributed by atoms with Gasteiger partial charge < -0.3 is 4.74 Å². The predicted molar refractivity (Wildman–Crippen MR) is 55.5 cm³/mol. The van der Waals surface area contributed by atoms with Crippen molar-refractivity contribution in [3.63, 3.8) is 0 Å². The van der Waals surface area contributed by atoms with Gasteiger partial charge in [0.2, 0.25) is 0 Å². The smallest absolute Gasteiger partial charge is 0.118 e. The molecule has 0 aliphatic carbocycles. The summed E-state index contributed by atoms with van der Waals surface area (Å²) in [6, 6.07) is 7.70. The van der Waals surface area contributed by atoms with E-state index in [0.717, 1.165) is 10.2 Å². The van der Waals surface area contributed by atoms with Crippen LogP contribution < -0.4 is 4.74 Å². The zero-order chi connectivity index (χ0) is 8.69. The van der Waals surface area contributed by atoms with Gasteiger partial charge in [0.1, 0.15) is 5.75 Å². The topological polar surface area (TPSA) is 9.23 Å². The normalized spacial score (nSPS) is 8.00. The lowest BCUT2D eigenvalue weighted by Gasteiger charge is -1.96. The van der Waals surface area contributed by atoms with E-state index in [1.54, 1.807) is 7.11 Å². The lowest BCUT2D eigenvalue weighted by Crippen LogP contribution is -1.79. The lowest BCUT2D eigenvalue weighted by molar-refractivity contribution is 0.414. The number of ether oxygens (including phenoxy) is 1. The fraction of sp³-hybridized carbons (Fsp3) is 0.250. The number of methoxy groups -OCH3 is 1. The van der Waals surface area contributed by atoms with Crippen LogP contribution in [0.3, 0.4) is 0 Å². The second-order valence-corrected chi connectivity index (χ2v) is 2.57. The summed E-state index contributed by atoms with van der Waals surface area (Å²) in [4.78, 5) is 0. The third kappa shape index (κ3) is 4.43. The van der Waals surface area contributed by atoms with Crippen molar-refractivity contribution in [3.05, 3.63) is 28.7 Å². The molecule has 0 aromatic heterocycles. The van der Waals surface area contributed by atoms with Gasteiger partial charge in [-0.05, 0) is 30.1 Å². The highest BCUT2D eigenvalue weighted by Gasteiger charge is 1.86. The molecule has 0 bridgehead atoms. The van der Waals surface area contributed by atoms with Crippen LogP contribution in [0.4, 0.5) is 0 Å². The Bertz CT molecular complexity index is 184. The first-order valence-corrected chi connectivity index (χ1v) is 5.38. The number of alkyl halides is 1. The van der Waals surface area contributed by atoms with Crippen molar-refractivity contribution in [2.24, 2.45) is 0 Å². The monoisotopic (exact) mass is 280 g/mol. The third-order valence-electron chi connectivity index (χ3n) is 1.05. The van der Waals surface area contributed by atoms with E-state index in [9.17, 15) is 0 Å². The van der Waals surface area contributed by atoms with E-state index in [1.165, 1.54) is 0 Å². The van der Waals surface area contributed by atoms with E-state index in [0.29, 0.717) is 0 Å². The first kappa shape index (κ1) is 11.0. The van der Waals surface area contributed by atoms with Gasteiger partial charge in [0.05, 0.1) is 7.11 Å². The third-order valence-corrected chi connectivity index (χ3v) is 1.58. The lowest BCUT2D eigenvalue weighted by atomic mass is 10.3. The van der Waals surface area contributed by atoms with Crippen LogP contribution in [0.2, 0.25) is 0 Å². The number of hydrogen-bond donors (Lipinski definition) is 0. The van der Waals surface area contributed by atoms with Crippen LogP contribution in [0.5, 0.6) is 5.75 Å². The molecular formula is C8H10Br2O. The Morgan fingerprint density at radius 3 is 1.91 bits per heavy atom. The molecule has 1 nitrogen and oxygen atoms in total. The molecule has 0 fully saturated rings. The Balaban J connectivity index is 0.000000461. The Kier molecular flexibility index (Phi) is 6.66. The van der Waals surface area contributed by atoms with Crippen molar-refractivity contribution < 1.29 is 4.74 Å². The molecule has 0 unspecified atom stereocenters. The molecule has 0 N–H and O–H groups in total. The van der Waals surface area contributed by atoms with E-state index in [2.05, 4.69) is 31.9 Å². The van der Waals surface area contributed by atoms with Gasteiger partial charge in [0, 0.05) is 4.47 Å². The quantitative estimate of drug-likeness (QED) is 0.717. The summed E-state index contributed by atoms with van der Waals surface area (Å²) in [5, 5.41) is 0. The average molecular weight is 282 g/mol. The molecule has 0 aliphatic rings. The first-order valence-electron chi connectivity index (χ1n) is 3.00. The minimum absolute atomic E-state index is 0.887. The molecule has 1 aromatic carbocycles. The maximum atomic E-state index is 4.95. The molecule has 62 valence electrons. The van der Waals surface area contributed by atoms with E-state index in [1.807, 2.05) is 30.1 Å². The van der Waals surface area contributed by atoms with E-state index in [-0.39, 0.29) is 0 Å². The van der Waals surface area contributed by atoms with Crippen molar-refractivity contribution >= 4 is 31.9 Å². The maximum absolute atomic E-state index is 4.95.